The Morgan fingerprint density at radius 3 is 2.48 bits per heavy atom. The topological polar surface area (TPSA) is 95.8 Å². The molecule has 0 bridgehead atoms. The maximum absolute atomic E-state index is 13.0. The molecule has 8 nitrogen and oxygen atoms in total. The van der Waals surface area contributed by atoms with Gasteiger partial charge in [0.05, 0.1) is 0 Å². The van der Waals surface area contributed by atoms with Crippen molar-refractivity contribution in [3.05, 3.63) is 47.3 Å². The number of likely N-dealkylation sites (tertiary alicyclic amines) is 1. The summed E-state index contributed by atoms with van der Waals surface area (Å²) in [6, 6.07) is 10.5. The lowest BCUT2D eigenvalue weighted by atomic mass is 9.97. The zero-order valence-electron chi connectivity index (χ0n) is 18.1. The van der Waals surface area contributed by atoms with Crippen molar-refractivity contribution < 1.29 is 17.7 Å². The average molecular weight is 447 g/mol. The van der Waals surface area contributed by atoms with Crippen molar-refractivity contribution >= 4 is 15.9 Å². The van der Waals surface area contributed by atoms with E-state index in [1.54, 1.807) is 13.8 Å². The summed E-state index contributed by atoms with van der Waals surface area (Å²) < 4.78 is 32.4. The van der Waals surface area contributed by atoms with E-state index in [4.69, 9.17) is 4.52 Å². The van der Waals surface area contributed by atoms with Gasteiger partial charge in [-0.1, -0.05) is 35.5 Å². The molecule has 2 aliphatic heterocycles. The summed E-state index contributed by atoms with van der Waals surface area (Å²) in [4.78, 5) is 15.3. The summed E-state index contributed by atoms with van der Waals surface area (Å²) in [5.74, 6) is 0.193. The molecule has 0 radical (unpaired) electrons. The molecule has 1 atom stereocenters. The second kappa shape index (κ2) is 9.10. The third-order valence-electron chi connectivity index (χ3n) is 6.26. The second-order valence-corrected chi connectivity index (χ2v) is 10.4. The molecular formula is C22H30N4O4S. The number of hydrogen-bond donors (Lipinski definition) is 1. The first-order valence-electron chi connectivity index (χ1n) is 10.8. The number of hydrogen-bond acceptors (Lipinski definition) is 6. The minimum absolute atomic E-state index is 0.0425. The van der Waals surface area contributed by atoms with Gasteiger partial charge in [-0.15, -0.1) is 0 Å². The Kier molecular flexibility index (Phi) is 6.45. The van der Waals surface area contributed by atoms with E-state index in [1.165, 1.54) is 9.87 Å². The van der Waals surface area contributed by atoms with Crippen LogP contribution in [-0.2, 0) is 21.4 Å². The van der Waals surface area contributed by atoms with Gasteiger partial charge < -0.3 is 9.84 Å². The number of sulfonamides is 1. The maximum atomic E-state index is 13.0. The number of amides is 1. The molecule has 9 heteroatoms. The SMILES string of the molecule is Cc1noc(C)c1S(=O)(=O)N1CCC(C(=O)NC2CCN(Cc3ccccc3)C2)CC1. The number of carbonyl (C=O) groups is 1. The van der Waals surface area contributed by atoms with Crippen LogP contribution in [0, 0.1) is 19.8 Å². The van der Waals surface area contributed by atoms with Crippen LogP contribution in [0.5, 0.6) is 0 Å². The van der Waals surface area contributed by atoms with Crippen molar-refractivity contribution in [2.24, 2.45) is 5.92 Å². The summed E-state index contributed by atoms with van der Waals surface area (Å²) >= 11 is 0. The summed E-state index contributed by atoms with van der Waals surface area (Å²) in [6.45, 7) is 6.60. The highest BCUT2D eigenvalue weighted by molar-refractivity contribution is 7.89. The molecule has 3 heterocycles. The highest BCUT2D eigenvalue weighted by Gasteiger charge is 2.36. The first-order chi connectivity index (χ1) is 14.8. The first-order valence-corrected chi connectivity index (χ1v) is 12.3. The van der Waals surface area contributed by atoms with Crippen LogP contribution >= 0.6 is 0 Å². The molecule has 2 fully saturated rings. The molecule has 2 aromatic rings. The van der Waals surface area contributed by atoms with Crippen LogP contribution in [0.4, 0.5) is 0 Å². The van der Waals surface area contributed by atoms with Crippen molar-refractivity contribution in [2.75, 3.05) is 26.2 Å². The molecule has 31 heavy (non-hydrogen) atoms. The third kappa shape index (κ3) is 4.83. The molecule has 1 aromatic heterocycles. The number of benzene rings is 1. The molecule has 1 aromatic carbocycles. The lowest BCUT2D eigenvalue weighted by Crippen LogP contribution is -2.46. The Bertz CT molecular complexity index is 994. The summed E-state index contributed by atoms with van der Waals surface area (Å²) in [5, 5.41) is 6.95. The van der Waals surface area contributed by atoms with E-state index in [-0.39, 0.29) is 22.8 Å². The van der Waals surface area contributed by atoms with E-state index >= 15 is 0 Å². The second-order valence-electron chi connectivity index (χ2n) is 8.55. The number of piperidine rings is 1. The van der Waals surface area contributed by atoms with E-state index < -0.39 is 10.0 Å². The Morgan fingerprint density at radius 1 is 1.13 bits per heavy atom. The number of nitrogens with zero attached hydrogens (tertiary/aromatic N) is 3. The standard InChI is InChI=1S/C22H30N4O4S/c1-16-21(17(2)30-24-16)31(28,29)26-12-8-19(9-13-26)22(27)23-20-10-11-25(15-20)14-18-6-4-3-5-7-18/h3-7,19-20H,8-15H2,1-2H3,(H,23,27). The average Bonchev–Trinajstić information content (AvgIpc) is 3.34. The van der Waals surface area contributed by atoms with Crippen molar-refractivity contribution in [3.8, 4) is 0 Å². The van der Waals surface area contributed by atoms with Crippen molar-refractivity contribution in [3.63, 3.8) is 0 Å². The predicted molar refractivity (Wildman–Crippen MR) is 116 cm³/mol. The number of rotatable bonds is 6. The number of nitrogens with one attached hydrogen (secondary N) is 1. The highest BCUT2D eigenvalue weighted by Crippen LogP contribution is 2.28. The third-order valence-corrected chi connectivity index (χ3v) is 8.40. The summed E-state index contributed by atoms with van der Waals surface area (Å²) in [5.41, 5.74) is 1.65. The van der Waals surface area contributed by atoms with E-state index in [1.807, 2.05) is 18.2 Å². The fraction of sp³-hybridized carbons (Fsp3) is 0.545. The van der Waals surface area contributed by atoms with Gasteiger partial charge in [-0.25, -0.2) is 8.42 Å². The molecule has 0 saturated carbocycles. The fourth-order valence-corrected chi connectivity index (χ4v) is 6.35. The van der Waals surface area contributed by atoms with Gasteiger partial charge >= 0.3 is 0 Å². The molecule has 2 saturated heterocycles. The van der Waals surface area contributed by atoms with E-state index in [2.05, 4.69) is 27.5 Å². The van der Waals surface area contributed by atoms with Gasteiger partial charge in [0.2, 0.25) is 15.9 Å². The Balaban J connectivity index is 1.27. The van der Waals surface area contributed by atoms with Gasteiger partial charge in [0.15, 0.2) is 5.76 Å². The Hall–Kier alpha value is -2.23. The molecule has 4 rings (SSSR count). The van der Waals surface area contributed by atoms with Gasteiger partial charge in [0.1, 0.15) is 10.6 Å². The van der Waals surface area contributed by atoms with Crippen molar-refractivity contribution in [1.82, 2.24) is 19.7 Å². The van der Waals surface area contributed by atoms with Gasteiger partial charge in [-0.05, 0) is 38.7 Å². The summed E-state index contributed by atoms with van der Waals surface area (Å²) in [7, 11) is -3.65. The molecule has 2 aliphatic rings. The lowest BCUT2D eigenvalue weighted by Gasteiger charge is -2.31. The van der Waals surface area contributed by atoms with Crippen molar-refractivity contribution in [1.29, 1.82) is 0 Å². The van der Waals surface area contributed by atoms with Crippen LogP contribution in [0.25, 0.3) is 0 Å². The minimum atomic E-state index is -3.65. The highest BCUT2D eigenvalue weighted by atomic mass is 32.2. The van der Waals surface area contributed by atoms with Gasteiger partial charge in [-0.2, -0.15) is 4.31 Å². The Labute approximate surface area is 183 Å². The fourth-order valence-electron chi connectivity index (χ4n) is 4.59. The van der Waals surface area contributed by atoms with E-state index in [0.717, 1.165) is 26.1 Å². The van der Waals surface area contributed by atoms with Crippen LogP contribution < -0.4 is 5.32 Å². The number of carbonyl (C=O) groups excluding carboxylic acids is 1. The smallest absolute Gasteiger partial charge is 0.248 e. The number of aryl methyl sites for hydroxylation is 2. The van der Waals surface area contributed by atoms with Gasteiger partial charge in [0, 0.05) is 44.7 Å². The first kappa shape index (κ1) is 22.0. The molecule has 0 spiro atoms. The van der Waals surface area contributed by atoms with Crippen LogP contribution in [0.2, 0.25) is 0 Å². The lowest BCUT2D eigenvalue weighted by molar-refractivity contribution is -0.126. The monoisotopic (exact) mass is 446 g/mol. The van der Waals surface area contributed by atoms with Crippen LogP contribution in [0.3, 0.4) is 0 Å². The Morgan fingerprint density at radius 2 is 1.84 bits per heavy atom. The molecule has 168 valence electrons. The van der Waals surface area contributed by atoms with Crippen LogP contribution in [-0.4, -0.2) is 60.9 Å². The van der Waals surface area contributed by atoms with Crippen molar-refractivity contribution in [2.45, 2.75) is 50.6 Å². The molecule has 0 aliphatic carbocycles. The predicted octanol–water partition coefficient (Wildman–Crippen LogP) is 2.08. The maximum Gasteiger partial charge on any atom is 0.248 e. The molecular weight excluding hydrogens is 416 g/mol. The largest absolute Gasteiger partial charge is 0.360 e. The normalized spacial score (nSPS) is 21.4. The van der Waals surface area contributed by atoms with Gasteiger partial charge in [0.25, 0.3) is 0 Å². The molecule has 1 unspecified atom stereocenters. The van der Waals surface area contributed by atoms with Crippen LogP contribution in [0.1, 0.15) is 36.3 Å². The van der Waals surface area contributed by atoms with Gasteiger partial charge in [-0.3, -0.25) is 9.69 Å². The zero-order valence-corrected chi connectivity index (χ0v) is 18.9. The van der Waals surface area contributed by atoms with Crippen LogP contribution in [0.15, 0.2) is 39.8 Å². The molecule has 1 N–H and O–H groups in total. The zero-order chi connectivity index (χ0) is 22.0. The van der Waals surface area contributed by atoms with E-state index in [9.17, 15) is 13.2 Å². The minimum Gasteiger partial charge on any atom is -0.360 e. The number of aromatic nitrogens is 1. The molecule has 1 amide bonds. The quantitative estimate of drug-likeness (QED) is 0.730. The van der Waals surface area contributed by atoms with E-state index in [0.29, 0.717) is 37.4 Å². The summed E-state index contributed by atoms with van der Waals surface area (Å²) in [6.07, 6.45) is 1.99.